The van der Waals surface area contributed by atoms with Crippen molar-refractivity contribution in [1.82, 2.24) is 0 Å². The Kier molecular flexibility index (Phi) is 9.03. The standard InChI is InChI=1S/C28H35NO4/c1-19(12-14-23-21(3)11-8-16-28(23,4)5)9-7-10-20(2)17-26(31)29-24-18-22(27(32)33-6)13-15-25(24)30/h7,9-10,12-15,17-18,30H,8,11,16H2,1-6H3,(H,29,31)/b10-7+,14-12+,19-9+,20-17+. The quantitative estimate of drug-likeness (QED) is 0.211. The second-order valence-corrected chi connectivity index (χ2v) is 9.14. The number of allylic oxidation sites excluding steroid dienone is 9. The SMILES string of the molecule is COC(=O)c1ccc(O)c(NC(=O)/C=C(C)/C=C/C=C(C)/C=C/C2=C(C)CCCC2(C)C)c1. The van der Waals surface area contributed by atoms with E-state index in [4.69, 9.17) is 0 Å². The van der Waals surface area contributed by atoms with Crippen LogP contribution in [-0.4, -0.2) is 24.1 Å². The monoisotopic (exact) mass is 449 g/mol. The highest BCUT2D eigenvalue weighted by molar-refractivity contribution is 6.02. The predicted molar refractivity (Wildman–Crippen MR) is 134 cm³/mol. The van der Waals surface area contributed by atoms with E-state index in [1.54, 1.807) is 0 Å². The van der Waals surface area contributed by atoms with E-state index >= 15 is 0 Å². The number of nitrogens with one attached hydrogen (secondary N) is 1. The van der Waals surface area contributed by atoms with Crippen LogP contribution in [0.1, 0.15) is 64.2 Å². The van der Waals surface area contributed by atoms with E-state index in [-0.39, 0.29) is 22.4 Å². The fraction of sp³-hybridized carbons (Fsp3) is 0.357. The molecule has 0 atom stereocenters. The van der Waals surface area contributed by atoms with Crippen molar-refractivity contribution in [1.29, 1.82) is 0 Å². The molecule has 0 spiro atoms. The first kappa shape index (κ1) is 25.9. The lowest BCUT2D eigenvalue weighted by Gasteiger charge is -2.32. The van der Waals surface area contributed by atoms with Gasteiger partial charge in [-0.1, -0.05) is 55.4 Å². The average molecular weight is 450 g/mol. The Morgan fingerprint density at radius 2 is 1.88 bits per heavy atom. The molecule has 1 aromatic rings. The van der Waals surface area contributed by atoms with Gasteiger partial charge in [-0.25, -0.2) is 4.79 Å². The van der Waals surface area contributed by atoms with Gasteiger partial charge in [0.2, 0.25) is 5.91 Å². The molecule has 0 saturated heterocycles. The van der Waals surface area contributed by atoms with Crippen LogP contribution in [0.4, 0.5) is 5.69 Å². The first-order chi connectivity index (χ1) is 15.5. The third kappa shape index (κ3) is 7.63. The van der Waals surface area contributed by atoms with Gasteiger partial charge in [-0.15, -0.1) is 0 Å². The van der Waals surface area contributed by atoms with E-state index in [1.807, 2.05) is 25.2 Å². The Morgan fingerprint density at radius 1 is 1.15 bits per heavy atom. The normalized spacial score (nSPS) is 17.0. The van der Waals surface area contributed by atoms with Gasteiger partial charge >= 0.3 is 5.97 Å². The summed E-state index contributed by atoms with van der Waals surface area (Å²) in [5.41, 5.74) is 5.36. The number of hydrogen-bond donors (Lipinski definition) is 2. The second-order valence-electron chi connectivity index (χ2n) is 9.14. The largest absolute Gasteiger partial charge is 0.506 e. The van der Waals surface area contributed by atoms with Crippen molar-refractivity contribution in [2.24, 2.45) is 5.41 Å². The van der Waals surface area contributed by atoms with Crippen LogP contribution in [0.3, 0.4) is 0 Å². The number of carbonyl (C=O) groups excluding carboxylic acids is 2. The van der Waals surface area contributed by atoms with Gasteiger partial charge in [-0.2, -0.15) is 0 Å². The van der Waals surface area contributed by atoms with E-state index in [2.05, 4.69) is 49.9 Å². The molecule has 0 aromatic heterocycles. The second kappa shape index (κ2) is 11.5. The van der Waals surface area contributed by atoms with E-state index in [0.717, 1.165) is 11.1 Å². The van der Waals surface area contributed by atoms with E-state index in [0.29, 0.717) is 0 Å². The molecule has 0 aliphatic heterocycles. The van der Waals surface area contributed by atoms with Gasteiger partial charge in [0.1, 0.15) is 5.75 Å². The molecular formula is C28H35NO4. The number of esters is 1. The van der Waals surface area contributed by atoms with Crippen LogP contribution >= 0.6 is 0 Å². The molecule has 5 nitrogen and oxygen atoms in total. The third-order valence-electron chi connectivity index (χ3n) is 5.81. The van der Waals surface area contributed by atoms with E-state index in [1.165, 1.54) is 61.8 Å². The number of benzene rings is 1. The van der Waals surface area contributed by atoms with E-state index in [9.17, 15) is 14.7 Å². The Morgan fingerprint density at radius 3 is 2.55 bits per heavy atom. The number of phenolic OH excluding ortho intramolecular Hbond substituents is 1. The molecule has 2 rings (SSSR count). The maximum absolute atomic E-state index is 12.3. The van der Waals surface area contributed by atoms with Crippen LogP contribution < -0.4 is 5.32 Å². The zero-order valence-corrected chi connectivity index (χ0v) is 20.5. The fourth-order valence-corrected chi connectivity index (χ4v) is 3.94. The van der Waals surface area contributed by atoms with Crippen molar-refractivity contribution in [3.8, 4) is 5.75 Å². The topological polar surface area (TPSA) is 75.6 Å². The van der Waals surface area contributed by atoms with Gasteiger partial charge in [0.05, 0.1) is 18.4 Å². The van der Waals surface area contributed by atoms with Crippen LogP contribution in [-0.2, 0) is 9.53 Å². The molecular weight excluding hydrogens is 414 g/mol. The lowest BCUT2D eigenvalue weighted by molar-refractivity contribution is -0.112. The number of carbonyl (C=O) groups is 2. The van der Waals surface area contributed by atoms with Crippen molar-refractivity contribution in [2.45, 2.75) is 53.9 Å². The summed E-state index contributed by atoms with van der Waals surface area (Å²) in [6.45, 7) is 10.7. The first-order valence-corrected chi connectivity index (χ1v) is 11.2. The highest BCUT2D eigenvalue weighted by atomic mass is 16.5. The summed E-state index contributed by atoms with van der Waals surface area (Å²) in [6, 6.07) is 4.14. The number of hydrogen-bond acceptors (Lipinski definition) is 4. The van der Waals surface area contributed by atoms with Crippen molar-refractivity contribution in [3.05, 3.63) is 82.5 Å². The van der Waals surface area contributed by atoms with E-state index < -0.39 is 11.9 Å². The van der Waals surface area contributed by atoms with Gasteiger partial charge in [-0.3, -0.25) is 4.79 Å². The van der Waals surface area contributed by atoms with Crippen molar-refractivity contribution >= 4 is 17.6 Å². The fourth-order valence-electron chi connectivity index (χ4n) is 3.94. The van der Waals surface area contributed by atoms with Gasteiger partial charge in [0, 0.05) is 6.08 Å². The van der Waals surface area contributed by atoms with Crippen LogP contribution in [0.25, 0.3) is 0 Å². The van der Waals surface area contributed by atoms with Crippen molar-refractivity contribution in [3.63, 3.8) is 0 Å². The molecule has 2 N–H and O–H groups in total. The minimum Gasteiger partial charge on any atom is -0.506 e. The van der Waals surface area contributed by atoms with Gasteiger partial charge in [0.25, 0.3) is 0 Å². The molecule has 1 aromatic carbocycles. The lowest BCUT2D eigenvalue weighted by Crippen LogP contribution is -2.19. The molecule has 0 unspecified atom stereocenters. The molecule has 0 fully saturated rings. The highest BCUT2D eigenvalue weighted by Gasteiger charge is 2.26. The zero-order valence-electron chi connectivity index (χ0n) is 20.5. The number of phenols is 1. The van der Waals surface area contributed by atoms with Crippen molar-refractivity contribution in [2.75, 3.05) is 12.4 Å². The number of aromatic hydroxyl groups is 1. The molecule has 0 saturated carbocycles. The molecule has 0 bridgehead atoms. The lowest BCUT2D eigenvalue weighted by atomic mass is 9.72. The first-order valence-electron chi connectivity index (χ1n) is 11.2. The molecule has 176 valence electrons. The summed E-state index contributed by atoms with van der Waals surface area (Å²) < 4.78 is 4.66. The Balaban J connectivity index is 2.02. The summed E-state index contributed by atoms with van der Waals surface area (Å²) >= 11 is 0. The van der Waals surface area contributed by atoms with Gasteiger partial charge < -0.3 is 15.2 Å². The molecule has 0 heterocycles. The number of rotatable bonds is 7. The molecule has 1 aliphatic carbocycles. The Hall–Kier alpha value is -3.34. The summed E-state index contributed by atoms with van der Waals surface area (Å²) in [7, 11) is 1.27. The Bertz CT molecular complexity index is 1050. The highest BCUT2D eigenvalue weighted by Crippen LogP contribution is 2.40. The number of methoxy groups -OCH3 is 1. The van der Waals surface area contributed by atoms with Crippen LogP contribution in [0.2, 0.25) is 0 Å². The summed E-state index contributed by atoms with van der Waals surface area (Å²) in [4.78, 5) is 24.0. The number of ether oxygens (including phenoxy) is 1. The predicted octanol–water partition coefficient (Wildman–Crippen LogP) is 6.65. The minimum absolute atomic E-state index is 0.130. The van der Waals surface area contributed by atoms with Gasteiger partial charge in [0.15, 0.2) is 0 Å². The number of amides is 1. The molecule has 33 heavy (non-hydrogen) atoms. The van der Waals surface area contributed by atoms with Crippen LogP contribution in [0.15, 0.2) is 76.9 Å². The summed E-state index contributed by atoms with van der Waals surface area (Å²) in [6.07, 6.45) is 15.2. The molecule has 5 heteroatoms. The molecule has 0 radical (unpaired) electrons. The molecule has 1 aliphatic rings. The van der Waals surface area contributed by atoms with Gasteiger partial charge in [-0.05, 0) is 74.8 Å². The minimum atomic E-state index is -0.546. The third-order valence-corrected chi connectivity index (χ3v) is 5.81. The maximum atomic E-state index is 12.3. The van der Waals surface area contributed by atoms with Crippen LogP contribution in [0.5, 0.6) is 5.75 Å². The number of anilines is 1. The summed E-state index contributed by atoms with van der Waals surface area (Å²) in [5.74, 6) is -1.08. The maximum Gasteiger partial charge on any atom is 0.337 e. The average Bonchev–Trinajstić information content (AvgIpc) is 2.73. The smallest absolute Gasteiger partial charge is 0.337 e. The zero-order chi connectivity index (χ0) is 24.6. The van der Waals surface area contributed by atoms with Crippen molar-refractivity contribution < 1.29 is 19.4 Å². The van der Waals surface area contributed by atoms with Crippen LogP contribution in [0, 0.1) is 5.41 Å². The Labute approximate surface area is 197 Å². The molecule has 1 amide bonds. The summed E-state index contributed by atoms with van der Waals surface area (Å²) in [5, 5.41) is 12.5.